The highest BCUT2D eigenvalue weighted by atomic mass is 16.7. The maximum absolute atomic E-state index is 13.9. The normalized spacial score (nSPS) is 26.8. The van der Waals surface area contributed by atoms with Gasteiger partial charge in [0.05, 0.1) is 18.4 Å². The molecule has 1 saturated heterocycles. The predicted molar refractivity (Wildman–Crippen MR) is 168 cm³/mol. The van der Waals surface area contributed by atoms with Crippen LogP contribution in [-0.2, 0) is 46.1 Å². The molecule has 0 radical (unpaired) electrons. The molecule has 10 nitrogen and oxygen atoms in total. The Kier molecular flexibility index (Phi) is 11.6. The summed E-state index contributed by atoms with van der Waals surface area (Å²) in [5, 5.41) is 13.0. The van der Waals surface area contributed by atoms with Crippen LogP contribution in [0.25, 0.3) is 0 Å². The van der Waals surface area contributed by atoms with Crippen LogP contribution in [0.5, 0.6) is 0 Å². The number of carbonyl (C=O) groups excluding carboxylic acids is 3. The lowest BCUT2D eigenvalue weighted by molar-refractivity contribution is -0.299. The molecule has 0 bridgehead atoms. The third-order valence-electron chi connectivity index (χ3n) is 8.10. The fourth-order valence-corrected chi connectivity index (χ4v) is 5.71. The highest BCUT2D eigenvalue weighted by Gasteiger charge is 2.53. The molecule has 5 rings (SSSR count). The molecule has 242 valence electrons. The SMILES string of the molecule is CO[C@H]1O[C@H](CO)[C@H]2OC(=O)[C@H](Cc3ccccc3)CC=CC[C@@H](Cc3ccccc3)C(=O)O[C@@H]2[C@@H]1OC(=O)Nc1ccccc1. The number of benzene rings is 3. The van der Waals surface area contributed by atoms with Gasteiger partial charge in [0.15, 0.2) is 24.6 Å². The quantitative estimate of drug-likeness (QED) is 0.204. The number of anilines is 1. The fourth-order valence-electron chi connectivity index (χ4n) is 5.71. The van der Waals surface area contributed by atoms with E-state index in [1.807, 2.05) is 72.8 Å². The average Bonchev–Trinajstić information content (AvgIpc) is 3.07. The number of fused-ring (bicyclic) bond motifs is 1. The second-order valence-corrected chi connectivity index (χ2v) is 11.3. The van der Waals surface area contributed by atoms with E-state index in [0.717, 1.165) is 11.1 Å². The number of allylic oxidation sites excluding steroid dienone is 2. The van der Waals surface area contributed by atoms with Gasteiger partial charge in [-0.2, -0.15) is 0 Å². The average molecular weight is 630 g/mol. The molecule has 0 saturated carbocycles. The van der Waals surface area contributed by atoms with Crippen LogP contribution in [0.3, 0.4) is 0 Å². The van der Waals surface area contributed by atoms with E-state index in [2.05, 4.69) is 5.32 Å². The summed E-state index contributed by atoms with van der Waals surface area (Å²) in [6.45, 7) is -0.578. The van der Waals surface area contributed by atoms with Crippen LogP contribution in [-0.4, -0.2) is 67.6 Å². The number of hydrogen-bond donors (Lipinski definition) is 2. The molecule has 1 fully saturated rings. The Labute approximate surface area is 268 Å². The molecule has 1 amide bonds. The fraction of sp³-hybridized carbons (Fsp3) is 0.361. The molecule has 3 aromatic carbocycles. The Morgan fingerprint density at radius 1 is 0.783 bits per heavy atom. The number of carbonyl (C=O) groups is 3. The zero-order valence-corrected chi connectivity index (χ0v) is 25.6. The van der Waals surface area contributed by atoms with Crippen LogP contribution in [0.15, 0.2) is 103 Å². The molecule has 7 atom stereocenters. The van der Waals surface area contributed by atoms with Crippen molar-refractivity contribution in [2.75, 3.05) is 19.0 Å². The van der Waals surface area contributed by atoms with Gasteiger partial charge in [0.25, 0.3) is 0 Å². The lowest BCUT2D eigenvalue weighted by Crippen LogP contribution is -2.63. The maximum Gasteiger partial charge on any atom is 0.412 e. The summed E-state index contributed by atoms with van der Waals surface area (Å²) in [6, 6.07) is 27.8. The molecule has 0 aromatic heterocycles. The zero-order chi connectivity index (χ0) is 32.3. The predicted octanol–water partition coefficient (Wildman–Crippen LogP) is 4.86. The summed E-state index contributed by atoms with van der Waals surface area (Å²) in [5.41, 5.74) is 2.37. The van der Waals surface area contributed by atoms with Crippen LogP contribution in [0.1, 0.15) is 24.0 Å². The maximum atomic E-state index is 13.9. The first-order valence-corrected chi connectivity index (χ1v) is 15.4. The Bertz CT molecular complexity index is 1450. The van der Waals surface area contributed by atoms with Gasteiger partial charge >= 0.3 is 18.0 Å². The van der Waals surface area contributed by atoms with Crippen molar-refractivity contribution in [3.8, 4) is 0 Å². The Hall–Kier alpha value is -4.51. The van der Waals surface area contributed by atoms with Gasteiger partial charge in [0.1, 0.15) is 6.10 Å². The molecule has 0 unspecified atom stereocenters. The largest absolute Gasteiger partial charge is 0.455 e. The number of esters is 2. The molecule has 2 aliphatic heterocycles. The van der Waals surface area contributed by atoms with Crippen molar-refractivity contribution in [3.63, 3.8) is 0 Å². The van der Waals surface area contributed by atoms with E-state index in [1.54, 1.807) is 30.3 Å². The van der Waals surface area contributed by atoms with Gasteiger partial charge in [-0.15, -0.1) is 0 Å². The number of rotatable bonds is 8. The third-order valence-corrected chi connectivity index (χ3v) is 8.10. The number of aliphatic hydroxyl groups is 1. The monoisotopic (exact) mass is 629 g/mol. The van der Waals surface area contributed by atoms with Crippen molar-refractivity contribution in [1.29, 1.82) is 0 Å². The molecule has 2 N–H and O–H groups in total. The number of aliphatic hydroxyl groups excluding tert-OH is 1. The van der Waals surface area contributed by atoms with Crippen molar-refractivity contribution < 1.29 is 43.2 Å². The highest BCUT2D eigenvalue weighted by molar-refractivity contribution is 5.84. The number of hydrogen-bond acceptors (Lipinski definition) is 9. The number of amides is 1. The lowest BCUT2D eigenvalue weighted by atomic mass is 9.92. The van der Waals surface area contributed by atoms with Gasteiger partial charge < -0.3 is 28.8 Å². The topological polar surface area (TPSA) is 130 Å². The minimum absolute atomic E-state index is 0.353. The van der Waals surface area contributed by atoms with Crippen LogP contribution < -0.4 is 5.32 Å². The van der Waals surface area contributed by atoms with E-state index in [9.17, 15) is 19.5 Å². The van der Waals surface area contributed by atoms with Gasteiger partial charge in [0, 0.05) is 12.8 Å². The molecule has 10 heteroatoms. The van der Waals surface area contributed by atoms with Gasteiger partial charge in [-0.05, 0) is 48.9 Å². The molecule has 0 spiro atoms. The first-order chi connectivity index (χ1) is 22.4. The number of para-hydroxylation sites is 1. The number of ether oxygens (including phenoxy) is 5. The first-order valence-electron chi connectivity index (χ1n) is 15.4. The van der Waals surface area contributed by atoms with Crippen molar-refractivity contribution >= 4 is 23.7 Å². The van der Waals surface area contributed by atoms with Crippen LogP contribution in [0.2, 0.25) is 0 Å². The minimum Gasteiger partial charge on any atom is -0.455 e. The van der Waals surface area contributed by atoms with Gasteiger partial charge in [-0.1, -0.05) is 91.0 Å². The Balaban J connectivity index is 1.49. The Morgan fingerprint density at radius 3 is 1.78 bits per heavy atom. The number of methoxy groups -OCH3 is 1. The second kappa shape index (κ2) is 16.2. The summed E-state index contributed by atoms with van der Waals surface area (Å²) in [7, 11) is 1.34. The van der Waals surface area contributed by atoms with E-state index in [0.29, 0.717) is 31.4 Å². The van der Waals surface area contributed by atoms with E-state index in [-0.39, 0.29) is 0 Å². The van der Waals surface area contributed by atoms with Gasteiger partial charge in [-0.3, -0.25) is 14.9 Å². The molecule has 0 aliphatic carbocycles. The van der Waals surface area contributed by atoms with E-state index in [4.69, 9.17) is 23.7 Å². The molecule has 2 heterocycles. The van der Waals surface area contributed by atoms with Gasteiger partial charge in [-0.25, -0.2) is 4.79 Å². The summed E-state index contributed by atoms with van der Waals surface area (Å²) in [6.07, 6.45) is -1.95. The van der Waals surface area contributed by atoms with Crippen molar-refractivity contribution in [2.45, 2.75) is 56.4 Å². The van der Waals surface area contributed by atoms with Crippen molar-refractivity contribution in [1.82, 2.24) is 0 Å². The smallest absolute Gasteiger partial charge is 0.412 e. The van der Waals surface area contributed by atoms with Crippen LogP contribution in [0.4, 0.5) is 10.5 Å². The molecular formula is C36H39NO9. The minimum atomic E-state index is -1.35. The first kappa shape index (κ1) is 32.9. The summed E-state index contributed by atoms with van der Waals surface area (Å²) < 4.78 is 29.4. The summed E-state index contributed by atoms with van der Waals surface area (Å²) in [5.74, 6) is -2.32. The Morgan fingerprint density at radius 2 is 1.28 bits per heavy atom. The summed E-state index contributed by atoms with van der Waals surface area (Å²) >= 11 is 0. The van der Waals surface area contributed by atoms with E-state index >= 15 is 0 Å². The van der Waals surface area contributed by atoms with E-state index in [1.165, 1.54) is 7.11 Å². The molecule has 46 heavy (non-hydrogen) atoms. The van der Waals surface area contributed by atoms with Gasteiger partial charge in [0.2, 0.25) is 0 Å². The molecule has 2 aliphatic rings. The zero-order valence-electron chi connectivity index (χ0n) is 25.6. The standard InChI is InChI=1S/C36H39NO9/c1-42-35-32(46-36(41)37-28-19-9-4-10-20-28)31-30(29(23-38)43-35)44-33(39)26(21-24-13-5-2-6-14-24)17-11-12-18-27(34(40)45-31)22-25-15-7-3-8-16-25/h2-16,19-20,26-27,29-32,35,38H,17-18,21-23H2,1H3,(H,37,41)/t26-,27-,29+,30+,31-,32-,35-/m0/s1. The van der Waals surface area contributed by atoms with Crippen molar-refractivity contribution in [3.05, 3.63) is 114 Å². The number of nitrogens with one attached hydrogen (secondary N) is 1. The third kappa shape index (κ3) is 8.60. The van der Waals surface area contributed by atoms with Crippen LogP contribution in [0, 0.1) is 11.8 Å². The lowest BCUT2D eigenvalue weighted by Gasteiger charge is -2.44. The van der Waals surface area contributed by atoms with Crippen LogP contribution >= 0.6 is 0 Å². The highest BCUT2D eigenvalue weighted by Crippen LogP contribution is 2.32. The molecule has 3 aromatic rings. The molecular weight excluding hydrogens is 590 g/mol. The van der Waals surface area contributed by atoms with E-state index < -0.39 is 67.2 Å². The second-order valence-electron chi connectivity index (χ2n) is 11.3. The summed E-state index contributed by atoms with van der Waals surface area (Å²) in [4.78, 5) is 40.8. The van der Waals surface area contributed by atoms with Crippen molar-refractivity contribution in [2.24, 2.45) is 11.8 Å².